The summed E-state index contributed by atoms with van der Waals surface area (Å²) in [5.41, 5.74) is 0.433. The molecule has 0 aliphatic heterocycles. The lowest BCUT2D eigenvalue weighted by Gasteiger charge is -2.14. The van der Waals surface area contributed by atoms with Crippen molar-refractivity contribution < 1.29 is 18.0 Å². The van der Waals surface area contributed by atoms with Gasteiger partial charge >= 0.3 is 0 Å². The SMILES string of the molecule is CCNC(=O)[C@@H](C)NC(=O)c1cccc(S(=O)(=O)Nc2cccc(Cl)c2)c1. The fraction of sp³-hybridized carbons (Fsp3) is 0.222. The summed E-state index contributed by atoms with van der Waals surface area (Å²) >= 11 is 5.86. The Morgan fingerprint density at radius 3 is 2.48 bits per heavy atom. The van der Waals surface area contributed by atoms with Gasteiger partial charge in [0.2, 0.25) is 5.91 Å². The quantitative estimate of drug-likeness (QED) is 0.653. The zero-order valence-electron chi connectivity index (χ0n) is 14.8. The normalized spacial score (nSPS) is 12.1. The molecule has 0 fully saturated rings. The van der Waals surface area contributed by atoms with E-state index in [-0.39, 0.29) is 16.4 Å². The average Bonchev–Trinajstić information content (AvgIpc) is 2.61. The highest BCUT2D eigenvalue weighted by molar-refractivity contribution is 7.92. The van der Waals surface area contributed by atoms with Gasteiger partial charge in [0.15, 0.2) is 0 Å². The van der Waals surface area contributed by atoms with E-state index in [2.05, 4.69) is 15.4 Å². The number of sulfonamides is 1. The lowest BCUT2D eigenvalue weighted by Crippen LogP contribution is -2.44. The summed E-state index contributed by atoms with van der Waals surface area (Å²) in [5.74, 6) is -0.870. The minimum Gasteiger partial charge on any atom is -0.355 e. The van der Waals surface area contributed by atoms with Gasteiger partial charge in [0, 0.05) is 17.1 Å². The Kier molecular flexibility index (Phi) is 6.81. The Bertz CT molecular complexity index is 947. The summed E-state index contributed by atoms with van der Waals surface area (Å²) in [5, 5.41) is 5.52. The van der Waals surface area contributed by atoms with Crippen molar-refractivity contribution in [3.63, 3.8) is 0 Å². The molecule has 0 radical (unpaired) electrons. The molecule has 2 aromatic rings. The van der Waals surface area contributed by atoms with Crippen LogP contribution in [0.2, 0.25) is 5.02 Å². The molecule has 2 amide bonds. The zero-order valence-corrected chi connectivity index (χ0v) is 16.4. The first-order valence-corrected chi connectivity index (χ1v) is 10.1. The number of carbonyl (C=O) groups excluding carboxylic acids is 2. The van der Waals surface area contributed by atoms with Crippen LogP contribution in [0, 0.1) is 0 Å². The zero-order chi connectivity index (χ0) is 20.0. The lowest BCUT2D eigenvalue weighted by atomic mass is 10.2. The molecule has 1 atom stereocenters. The van der Waals surface area contributed by atoms with Gasteiger partial charge in [-0.2, -0.15) is 0 Å². The molecular formula is C18H20ClN3O4S. The monoisotopic (exact) mass is 409 g/mol. The summed E-state index contributed by atoms with van der Waals surface area (Å²) in [6.45, 7) is 3.76. The van der Waals surface area contributed by atoms with Gasteiger partial charge in [-0.3, -0.25) is 14.3 Å². The number of amides is 2. The third-order valence-corrected chi connectivity index (χ3v) is 5.19. The van der Waals surface area contributed by atoms with Gasteiger partial charge in [-0.05, 0) is 50.2 Å². The number of carbonyl (C=O) groups is 2. The largest absolute Gasteiger partial charge is 0.355 e. The van der Waals surface area contributed by atoms with Crippen LogP contribution < -0.4 is 15.4 Å². The summed E-state index contributed by atoms with van der Waals surface area (Å²) in [7, 11) is -3.91. The van der Waals surface area contributed by atoms with Crippen LogP contribution in [-0.4, -0.2) is 32.8 Å². The van der Waals surface area contributed by atoms with E-state index in [1.807, 2.05) is 0 Å². The van der Waals surface area contributed by atoms with Crippen molar-refractivity contribution in [3.05, 3.63) is 59.1 Å². The van der Waals surface area contributed by atoms with Crippen LogP contribution >= 0.6 is 11.6 Å². The van der Waals surface area contributed by atoms with Crippen LogP contribution in [-0.2, 0) is 14.8 Å². The lowest BCUT2D eigenvalue weighted by molar-refractivity contribution is -0.122. The molecule has 144 valence electrons. The second-order valence-corrected chi connectivity index (χ2v) is 7.85. The standard InChI is InChI=1S/C18H20ClN3O4S/c1-3-20-17(23)12(2)21-18(24)13-6-4-9-16(10-13)27(25,26)22-15-8-5-7-14(19)11-15/h4-12,22H,3H2,1-2H3,(H,20,23)(H,21,24)/t12-/m1/s1. The van der Waals surface area contributed by atoms with Crippen molar-refractivity contribution in [1.82, 2.24) is 10.6 Å². The van der Waals surface area contributed by atoms with Crippen LogP contribution in [0.4, 0.5) is 5.69 Å². The van der Waals surface area contributed by atoms with Crippen molar-refractivity contribution in [2.45, 2.75) is 24.8 Å². The molecule has 0 aliphatic rings. The smallest absolute Gasteiger partial charge is 0.261 e. The predicted molar refractivity (Wildman–Crippen MR) is 104 cm³/mol. The minimum atomic E-state index is -3.91. The fourth-order valence-corrected chi connectivity index (χ4v) is 3.53. The van der Waals surface area contributed by atoms with Gasteiger partial charge in [0.1, 0.15) is 6.04 Å². The summed E-state index contributed by atoms with van der Waals surface area (Å²) in [6.07, 6.45) is 0. The summed E-state index contributed by atoms with van der Waals surface area (Å²) in [6, 6.07) is 11.1. The van der Waals surface area contributed by atoms with Crippen LogP contribution in [0.1, 0.15) is 24.2 Å². The molecule has 3 N–H and O–H groups in total. The molecule has 2 aromatic carbocycles. The molecule has 7 nitrogen and oxygen atoms in total. The van der Waals surface area contributed by atoms with Crippen molar-refractivity contribution >= 4 is 39.1 Å². The Hall–Kier alpha value is -2.58. The third kappa shape index (κ3) is 5.70. The molecule has 0 aromatic heterocycles. The Morgan fingerprint density at radius 1 is 1.11 bits per heavy atom. The van der Waals surface area contributed by atoms with E-state index in [4.69, 9.17) is 11.6 Å². The van der Waals surface area contributed by atoms with E-state index in [0.717, 1.165) is 0 Å². The molecule has 0 bridgehead atoms. The molecule has 0 heterocycles. The molecule has 9 heteroatoms. The first-order chi connectivity index (χ1) is 12.7. The number of hydrogen-bond acceptors (Lipinski definition) is 4. The van der Waals surface area contributed by atoms with E-state index in [0.29, 0.717) is 17.3 Å². The first-order valence-electron chi connectivity index (χ1n) is 8.20. The summed E-state index contributed by atoms with van der Waals surface area (Å²) in [4.78, 5) is 24.0. The number of benzene rings is 2. The number of likely N-dealkylation sites (N-methyl/N-ethyl adjacent to an activating group) is 1. The number of hydrogen-bond donors (Lipinski definition) is 3. The van der Waals surface area contributed by atoms with Gasteiger partial charge in [-0.15, -0.1) is 0 Å². The van der Waals surface area contributed by atoms with E-state index < -0.39 is 22.0 Å². The minimum absolute atomic E-state index is 0.0826. The molecular weight excluding hydrogens is 390 g/mol. The number of anilines is 1. The summed E-state index contributed by atoms with van der Waals surface area (Å²) < 4.78 is 27.5. The van der Waals surface area contributed by atoms with Crippen LogP contribution in [0.15, 0.2) is 53.4 Å². The van der Waals surface area contributed by atoms with Crippen LogP contribution in [0.3, 0.4) is 0 Å². The van der Waals surface area contributed by atoms with E-state index in [1.54, 1.807) is 32.0 Å². The predicted octanol–water partition coefficient (Wildman–Crippen LogP) is 2.40. The number of rotatable bonds is 7. The number of nitrogens with one attached hydrogen (secondary N) is 3. The molecule has 0 aliphatic carbocycles. The van der Waals surface area contributed by atoms with Gasteiger partial charge in [-0.1, -0.05) is 23.7 Å². The van der Waals surface area contributed by atoms with Gasteiger partial charge in [-0.25, -0.2) is 8.42 Å². The molecule has 2 rings (SSSR count). The van der Waals surface area contributed by atoms with Crippen molar-refractivity contribution in [1.29, 1.82) is 0 Å². The molecule has 27 heavy (non-hydrogen) atoms. The van der Waals surface area contributed by atoms with E-state index in [9.17, 15) is 18.0 Å². The Labute approximate surface area is 163 Å². The highest BCUT2D eigenvalue weighted by Gasteiger charge is 2.19. The molecule has 0 spiro atoms. The Balaban J connectivity index is 2.18. The van der Waals surface area contributed by atoms with Gasteiger partial charge < -0.3 is 10.6 Å². The van der Waals surface area contributed by atoms with Crippen molar-refractivity contribution in [3.8, 4) is 0 Å². The van der Waals surface area contributed by atoms with Crippen LogP contribution in [0.5, 0.6) is 0 Å². The maximum atomic E-state index is 12.6. The second kappa shape index (κ2) is 8.88. The van der Waals surface area contributed by atoms with E-state index in [1.165, 1.54) is 30.3 Å². The fourth-order valence-electron chi connectivity index (χ4n) is 2.24. The van der Waals surface area contributed by atoms with Crippen molar-refractivity contribution in [2.24, 2.45) is 0 Å². The highest BCUT2D eigenvalue weighted by atomic mass is 35.5. The highest BCUT2D eigenvalue weighted by Crippen LogP contribution is 2.20. The third-order valence-electron chi connectivity index (χ3n) is 3.58. The Morgan fingerprint density at radius 2 is 1.81 bits per heavy atom. The van der Waals surface area contributed by atoms with Gasteiger partial charge in [0.25, 0.3) is 15.9 Å². The maximum absolute atomic E-state index is 12.6. The first kappa shape index (κ1) is 20.7. The molecule has 0 saturated heterocycles. The average molecular weight is 410 g/mol. The maximum Gasteiger partial charge on any atom is 0.261 e. The topological polar surface area (TPSA) is 104 Å². The second-order valence-electron chi connectivity index (χ2n) is 5.73. The van der Waals surface area contributed by atoms with Crippen molar-refractivity contribution in [2.75, 3.05) is 11.3 Å². The van der Waals surface area contributed by atoms with E-state index >= 15 is 0 Å². The van der Waals surface area contributed by atoms with Crippen LogP contribution in [0.25, 0.3) is 0 Å². The molecule has 0 saturated carbocycles. The number of halogens is 1. The molecule has 0 unspecified atom stereocenters. The van der Waals surface area contributed by atoms with Gasteiger partial charge in [0.05, 0.1) is 10.6 Å².